The van der Waals surface area contributed by atoms with Crippen LogP contribution in [0.5, 0.6) is 0 Å². The minimum absolute atomic E-state index is 0.0636. The molecule has 1 atom stereocenters. The molecule has 1 unspecified atom stereocenters. The lowest BCUT2D eigenvalue weighted by Crippen LogP contribution is -2.44. The zero-order valence-corrected chi connectivity index (χ0v) is 10.7. The summed E-state index contributed by atoms with van der Waals surface area (Å²) in [5.41, 5.74) is 2.31. The third-order valence-corrected chi connectivity index (χ3v) is 2.79. The molecule has 0 fully saturated rings. The van der Waals surface area contributed by atoms with Gasteiger partial charge in [0.25, 0.3) is 5.91 Å². The van der Waals surface area contributed by atoms with E-state index in [2.05, 4.69) is 5.32 Å². The number of carbonyl (C=O) groups excluding carboxylic acids is 1. The topological polar surface area (TPSA) is 75.6 Å². The lowest BCUT2D eigenvalue weighted by molar-refractivity contribution is -0.140. The van der Waals surface area contributed by atoms with Gasteiger partial charge in [-0.05, 0) is 31.0 Å². The molecule has 0 aliphatic rings. The van der Waals surface area contributed by atoms with Crippen LogP contribution in [0.4, 0.5) is 0 Å². The number of benzene rings is 1. The molecule has 1 rings (SSSR count). The molecule has 0 radical (unpaired) electrons. The van der Waals surface area contributed by atoms with Crippen molar-refractivity contribution in [3.63, 3.8) is 0 Å². The minimum Gasteiger partial charge on any atom is -0.480 e. The average Bonchev–Trinajstić information content (AvgIpc) is 2.31. The summed E-state index contributed by atoms with van der Waals surface area (Å²) in [4.78, 5) is 22.9. The number of hydrogen-bond acceptors (Lipinski definition) is 3. The Bertz CT molecular complexity index is 456. The van der Waals surface area contributed by atoms with Crippen molar-refractivity contribution in [3.8, 4) is 0 Å². The first-order chi connectivity index (χ1) is 8.47. The van der Waals surface area contributed by atoms with Gasteiger partial charge in [0.2, 0.25) is 0 Å². The lowest BCUT2D eigenvalue weighted by atomic mass is 10.0. The van der Waals surface area contributed by atoms with E-state index in [4.69, 9.17) is 9.84 Å². The van der Waals surface area contributed by atoms with Crippen LogP contribution < -0.4 is 5.32 Å². The van der Waals surface area contributed by atoms with Crippen LogP contribution in [0.3, 0.4) is 0 Å². The fourth-order valence-electron chi connectivity index (χ4n) is 1.57. The summed E-state index contributed by atoms with van der Waals surface area (Å²) in [6.45, 7) is 3.66. The van der Waals surface area contributed by atoms with Gasteiger partial charge in [-0.3, -0.25) is 4.79 Å². The maximum Gasteiger partial charge on any atom is 0.328 e. The summed E-state index contributed by atoms with van der Waals surface area (Å²) in [5.74, 6) is -1.52. The predicted molar refractivity (Wildman–Crippen MR) is 66.7 cm³/mol. The summed E-state index contributed by atoms with van der Waals surface area (Å²) < 4.78 is 4.76. The van der Waals surface area contributed by atoms with Crippen molar-refractivity contribution in [2.24, 2.45) is 0 Å². The molecule has 5 nitrogen and oxygen atoms in total. The number of rotatable bonds is 5. The van der Waals surface area contributed by atoms with E-state index in [0.29, 0.717) is 5.56 Å². The number of aryl methyl sites for hydroxylation is 1. The van der Waals surface area contributed by atoms with Gasteiger partial charge in [-0.25, -0.2) is 4.79 Å². The maximum absolute atomic E-state index is 12.0. The first kappa shape index (κ1) is 14.2. The molecule has 0 saturated carbocycles. The average molecular weight is 251 g/mol. The second kappa shape index (κ2) is 6.16. The first-order valence-corrected chi connectivity index (χ1v) is 5.56. The number of methoxy groups -OCH3 is 1. The smallest absolute Gasteiger partial charge is 0.328 e. The van der Waals surface area contributed by atoms with Gasteiger partial charge < -0.3 is 15.2 Å². The number of carbonyl (C=O) groups is 2. The zero-order chi connectivity index (χ0) is 13.7. The van der Waals surface area contributed by atoms with Gasteiger partial charge >= 0.3 is 5.97 Å². The second-order valence-corrected chi connectivity index (χ2v) is 4.07. The van der Waals surface area contributed by atoms with Crippen LogP contribution in [-0.2, 0) is 9.53 Å². The van der Waals surface area contributed by atoms with Gasteiger partial charge in [-0.2, -0.15) is 0 Å². The molecule has 1 aromatic rings. The summed E-state index contributed by atoms with van der Waals surface area (Å²) >= 11 is 0. The lowest BCUT2D eigenvalue weighted by Gasteiger charge is -2.15. The van der Waals surface area contributed by atoms with E-state index >= 15 is 0 Å². The van der Waals surface area contributed by atoms with Crippen LogP contribution in [0.2, 0.25) is 0 Å². The highest BCUT2D eigenvalue weighted by Gasteiger charge is 2.21. The van der Waals surface area contributed by atoms with Crippen LogP contribution in [0.25, 0.3) is 0 Å². The van der Waals surface area contributed by atoms with E-state index in [9.17, 15) is 9.59 Å². The standard InChI is InChI=1S/C13H17NO4/c1-8-5-4-6-10(9(8)2)12(15)14-11(7-18-3)13(16)17/h4-6,11H,7H2,1-3H3,(H,14,15)(H,16,17). The number of carboxylic acids is 1. The van der Waals surface area contributed by atoms with Crippen molar-refractivity contribution >= 4 is 11.9 Å². The van der Waals surface area contributed by atoms with Gasteiger partial charge in [0.05, 0.1) is 6.61 Å². The highest BCUT2D eigenvalue weighted by Crippen LogP contribution is 2.12. The van der Waals surface area contributed by atoms with Crippen molar-refractivity contribution in [3.05, 3.63) is 34.9 Å². The summed E-state index contributed by atoms with van der Waals surface area (Å²) in [6.07, 6.45) is 0. The number of aliphatic carboxylic acids is 1. The van der Waals surface area contributed by atoms with Crippen molar-refractivity contribution in [1.82, 2.24) is 5.32 Å². The van der Waals surface area contributed by atoms with Gasteiger partial charge in [-0.1, -0.05) is 12.1 Å². The van der Waals surface area contributed by atoms with Crippen molar-refractivity contribution in [1.29, 1.82) is 0 Å². The van der Waals surface area contributed by atoms with Crippen LogP contribution in [0, 0.1) is 13.8 Å². The van der Waals surface area contributed by atoms with Crippen molar-refractivity contribution in [2.75, 3.05) is 13.7 Å². The molecule has 0 heterocycles. The minimum atomic E-state index is -1.12. The number of hydrogen-bond donors (Lipinski definition) is 2. The second-order valence-electron chi connectivity index (χ2n) is 4.07. The number of carboxylic acid groups (broad SMARTS) is 1. The Morgan fingerprint density at radius 3 is 2.61 bits per heavy atom. The molecular weight excluding hydrogens is 234 g/mol. The van der Waals surface area contributed by atoms with E-state index in [1.807, 2.05) is 19.9 Å². The molecule has 1 aromatic carbocycles. The Kier molecular flexibility index (Phi) is 4.85. The Labute approximate surface area is 106 Å². The molecule has 98 valence electrons. The monoisotopic (exact) mass is 251 g/mol. The third kappa shape index (κ3) is 3.30. The van der Waals surface area contributed by atoms with Gasteiger partial charge in [-0.15, -0.1) is 0 Å². The van der Waals surface area contributed by atoms with E-state index in [1.165, 1.54) is 7.11 Å². The fourth-order valence-corrected chi connectivity index (χ4v) is 1.57. The van der Waals surface area contributed by atoms with Crippen molar-refractivity contribution in [2.45, 2.75) is 19.9 Å². The van der Waals surface area contributed by atoms with Gasteiger partial charge in [0.15, 0.2) is 6.04 Å². The molecule has 18 heavy (non-hydrogen) atoms. The molecule has 0 spiro atoms. The van der Waals surface area contributed by atoms with E-state index in [0.717, 1.165) is 11.1 Å². The SMILES string of the molecule is COCC(NC(=O)c1cccc(C)c1C)C(=O)O. The molecule has 0 saturated heterocycles. The van der Waals surface area contributed by atoms with Crippen LogP contribution >= 0.6 is 0 Å². The Hall–Kier alpha value is -1.88. The van der Waals surface area contributed by atoms with Gasteiger partial charge in [0.1, 0.15) is 0 Å². The quantitative estimate of drug-likeness (QED) is 0.822. The molecule has 0 aromatic heterocycles. The van der Waals surface area contributed by atoms with Crippen LogP contribution in [0.1, 0.15) is 21.5 Å². The molecular formula is C13H17NO4. The Morgan fingerprint density at radius 1 is 1.39 bits per heavy atom. The molecule has 5 heteroatoms. The summed E-state index contributed by atoms with van der Waals surface area (Å²) in [7, 11) is 1.39. The number of amides is 1. The van der Waals surface area contributed by atoms with Crippen LogP contribution in [0.15, 0.2) is 18.2 Å². The molecule has 0 bridgehead atoms. The van der Waals surface area contributed by atoms with E-state index in [-0.39, 0.29) is 6.61 Å². The predicted octanol–water partition coefficient (Wildman–Crippen LogP) is 1.13. The third-order valence-electron chi connectivity index (χ3n) is 2.79. The molecule has 2 N–H and O–H groups in total. The molecule has 0 aliphatic carbocycles. The molecule has 0 aliphatic heterocycles. The first-order valence-electron chi connectivity index (χ1n) is 5.56. The van der Waals surface area contributed by atoms with Crippen molar-refractivity contribution < 1.29 is 19.4 Å². The Balaban J connectivity index is 2.87. The normalized spacial score (nSPS) is 11.9. The highest BCUT2D eigenvalue weighted by molar-refractivity contribution is 5.98. The molecule has 1 amide bonds. The zero-order valence-electron chi connectivity index (χ0n) is 10.7. The van der Waals surface area contributed by atoms with Crippen LogP contribution in [-0.4, -0.2) is 36.7 Å². The summed E-state index contributed by atoms with van der Waals surface area (Å²) in [5, 5.41) is 11.4. The maximum atomic E-state index is 12.0. The Morgan fingerprint density at radius 2 is 2.06 bits per heavy atom. The van der Waals surface area contributed by atoms with Gasteiger partial charge in [0, 0.05) is 12.7 Å². The van der Waals surface area contributed by atoms with E-state index < -0.39 is 17.9 Å². The number of nitrogens with one attached hydrogen (secondary N) is 1. The summed E-state index contributed by atoms with van der Waals surface area (Å²) in [6, 6.07) is 4.30. The van der Waals surface area contributed by atoms with E-state index in [1.54, 1.807) is 12.1 Å². The fraction of sp³-hybridized carbons (Fsp3) is 0.385. The highest BCUT2D eigenvalue weighted by atomic mass is 16.5. The number of ether oxygens (including phenoxy) is 1. The largest absolute Gasteiger partial charge is 0.480 e.